The largest absolute Gasteiger partial charge is 0.469 e. The van der Waals surface area contributed by atoms with E-state index in [9.17, 15) is 19.2 Å². The second kappa shape index (κ2) is 6.23. The molecule has 1 aliphatic carbocycles. The number of nitrogens with zero attached hydrogens (tertiary/aromatic N) is 1. The van der Waals surface area contributed by atoms with Gasteiger partial charge in [-0.05, 0) is 31.9 Å². The average molecular weight is 358 g/mol. The number of hydrogen-bond acceptors (Lipinski definition) is 6. The summed E-state index contributed by atoms with van der Waals surface area (Å²) in [7, 11) is 2.91. The first-order valence-corrected chi connectivity index (χ1v) is 8.51. The summed E-state index contributed by atoms with van der Waals surface area (Å²) in [6.45, 7) is 3.54. The summed E-state index contributed by atoms with van der Waals surface area (Å²) in [4.78, 5) is 51.3. The van der Waals surface area contributed by atoms with Gasteiger partial charge in [-0.1, -0.05) is 12.1 Å². The van der Waals surface area contributed by atoms with Crippen molar-refractivity contribution in [1.82, 2.24) is 4.90 Å². The minimum atomic E-state index is -0.909. The topological polar surface area (TPSA) is 92.8 Å². The number of ether oxygens (including phenoxy) is 1. The molecule has 138 valence electrons. The number of rotatable bonds is 3. The van der Waals surface area contributed by atoms with Crippen LogP contribution in [0, 0.1) is 11.8 Å². The lowest BCUT2D eigenvalue weighted by molar-refractivity contribution is -0.152. The molecule has 1 N–H and O–H groups in total. The Labute approximate surface area is 151 Å². The Hall–Kier alpha value is -2.70. The zero-order valence-corrected chi connectivity index (χ0v) is 15.3. The number of likely N-dealkylation sites (tertiary alicyclic amines) is 1. The number of amides is 2. The van der Waals surface area contributed by atoms with Crippen LogP contribution in [0.3, 0.4) is 0 Å². The SMILES string of the molecule is CNc1cccc2c1C(=O)C1C(=O)N(C(=O)CC(=O)OC)C(C)(C)C1C2. The number of ketones is 1. The number of benzene rings is 1. The van der Waals surface area contributed by atoms with Gasteiger partial charge in [0.25, 0.3) is 0 Å². The van der Waals surface area contributed by atoms with Crippen molar-refractivity contribution in [1.29, 1.82) is 0 Å². The number of esters is 1. The predicted octanol–water partition coefficient (Wildman–Crippen LogP) is 1.41. The monoisotopic (exact) mass is 358 g/mol. The van der Waals surface area contributed by atoms with Gasteiger partial charge in [-0.3, -0.25) is 24.1 Å². The molecule has 1 aromatic carbocycles. The van der Waals surface area contributed by atoms with Gasteiger partial charge in [0.1, 0.15) is 12.3 Å². The number of carbonyl (C=O) groups is 4. The van der Waals surface area contributed by atoms with Gasteiger partial charge >= 0.3 is 5.97 Å². The van der Waals surface area contributed by atoms with Crippen LogP contribution < -0.4 is 5.32 Å². The number of carbonyl (C=O) groups excluding carboxylic acids is 4. The van der Waals surface area contributed by atoms with Crippen LogP contribution in [-0.4, -0.2) is 48.2 Å². The summed E-state index contributed by atoms with van der Waals surface area (Å²) in [5.41, 5.74) is 1.19. The second-order valence-electron chi connectivity index (χ2n) is 7.22. The smallest absolute Gasteiger partial charge is 0.315 e. The summed E-state index contributed by atoms with van der Waals surface area (Å²) in [5, 5.41) is 2.99. The maximum atomic E-state index is 13.1. The van der Waals surface area contributed by atoms with Crippen molar-refractivity contribution in [3.05, 3.63) is 29.3 Å². The van der Waals surface area contributed by atoms with E-state index in [1.165, 1.54) is 7.11 Å². The second-order valence-corrected chi connectivity index (χ2v) is 7.22. The number of methoxy groups -OCH3 is 1. The number of Topliss-reactive ketones (excluding diaryl/α,β-unsaturated/α-hetero) is 1. The summed E-state index contributed by atoms with van der Waals surface area (Å²) < 4.78 is 4.53. The van der Waals surface area contributed by atoms with Crippen LogP contribution >= 0.6 is 0 Å². The molecule has 2 amide bonds. The lowest BCUT2D eigenvalue weighted by Gasteiger charge is -2.36. The highest BCUT2D eigenvalue weighted by Crippen LogP contribution is 2.47. The molecule has 1 aromatic rings. The third-order valence-corrected chi connectivity index (χ3v) is 5.53. The Bertz CT molecular complexity index is 814. The van der Waals surface area contributed by atoms with Crippen LogP contribution in [0.2, 0.25) is 0 Å². The molecule has 26 heavy (non-hydrogen) atoms. The number of imide groups is 1. The first kappa shape index (κ1) is 18.1. The molecule has 1 heterocycles. The molecule has 3 rings (SSSR count). The quantitative estimate of drug-likeness (QED) is 0.649. The lowest BCUT2D eigenvalue weighted by Crippen LogP contribution is -2.48. The molecule has 0 saturated carbocycles. The summed E-state index contributed by atoms with van der Waals surface area (Å²) in [5.74, 6) is -3.38. The number of nitrogens with one attached hydrogen (secondary N) is 1. The Morgan fingerprint density at radius 2 is 2.00 bits per heavy atom. The Morgan fingerprint density at radius 3 is 2.62 bits per heavy atom. The first-order chi connectivity index (χ1) is 12.2. The van der Waals surface area contributed by atoms with E-state index < -0.39 is 35.7 Å². The van der Waals surface area contributed by atoms with Gasteiger partial charge in [0, 0.05) is 29.8 Å². The van der Waals surface area contributed by atoms with Crippen molar-refractivity contribution in [2.75, 3.05) is 19.5 Å². The standard InChI is InChI=1S/C19H22N2O5/c1-19(2)11-8-10-6-5-7-12(20-3)15(10)17(24)16(11)18(25)21(19)13(22)9-14(23)26-4/h5-7,11,16,20H,8-9H2,1-4H3. The molecule has 7 heteroatoms. The molecule has 2 atom stereocenters. The summed E-state index contributed by atoms with van der Waals surface area (Å²) >= 11 is 0. The van der Waals surface area contributed by atoms with E-state index in [0.717, 1.165) is 10.5 Å². The van der Waals surface area contributed by atoms with E-state index >= 15 is 0 Å². The van der Waals surface area contributed by atoms with Gasteiger partial charge in [-0.2, -0.15) is 0 Å². The zero-order chi connectivity index (χ0) is 19.2. The van der Waals surface area contributed by atoms with Gasteiger partial charge in [0.15, 0.2) is 5.78 Å². The number of anilines is 1. The van der Waals surface area contributed by atoms with Crippen molar-refractivity contribution in [2.24, 2.45) is 11.8 Å². The van der Waals surface area contributed by atoms with E-state index in [0.29, 0.717) is 17.7 Å². The molecule has 0 radical (unpaired) electrons. The third-order valence-electron chi connectivity index (χ3n) is 5.53. The van der Waals surface area contributed by atoms with Gasteiger partial charge in [0.2, 0.25) is 11.8 Å². The van der Waals surface area contributed by atoms with Gasteiger partial charge in [-0.15, -0.1) is 0 Å². The molecule has 0 bridgehead atoms. The highest BCUT2D eigenvalue weighted by molar-refractivity contribution is 6.19. The molecule has 1 fully saturated rings. The van der Waals surface area contributed by atoms with E-state index in [-0.39, 0.29) is 11.7 Å². The van der Waals surface area contributed by atoms with Crippen LogP contribution in [0.15, 0.2) is 18.2 Å². The van der Waals surface area contributed by atoms with Crippen LogP contribution in [-0.2, 0) is 25.5 Å². The fraction of sp³-hybridized carbons (Fsp3) is 0.474. The molecule has 1 aliphatic heterocycles. The molecule has 0 spiro atoms. The highest BCUT2D eigenvalue weighted by atomic mass is 16.5. The summed E-state index contributed by atoms with van der Waals surface area (Å²) in [6, 6.07) is 5.54. The molecular formula is C19H22N2O5. The third kappa shape index (κ3) is 2.50. The molecule has 0 aromatic heterocycles. The molecule has 7 nitrogen and oxygen atoms in total. The highest BCUT2D eigenvalue weighted by Gasteiger charge is 2.60. The minimum absolute atomic E-state index is 0.271. The molecule has 2 unspecified atom stereocenters. The zero-order valence-electron chi connectivity index (χ0n) is 15.3. The normalized spacial score (nSPS) is 23.3. The number of hydrogen-bond donors (Lipinski definition) is 1. The van der Waals surface area contributed by atoms with Crippen molar-refractivity contribution in [3.63, 3.8) is 0 Å². The van der Waals surface area contributed by atoms with Crippen LogP contribution in [0.1, 0.15) is 36.2 Å². The van der Waals surface area contributed by atoms with Gasteiger partial charge in [0.05, 0.1) is 7.11 Å². The fourth-order valence-electron chi connectivity index (χ4n) is 4.21. The predicted molar refractivity (Wildman–Crippen MR) is 93.6 cm³/mol. The minimum Gasteiger partial charge on any atom is -0.469 e. The van der Waals surface area contributed by atoms with Crippen molar-refractivity contribution in [2.45, 2.75) is 32.2 Å². The van der Waals surface area contributed by atoms with E-state index in [4.69, 9.17) is 0 Å². The maximum absolute atomic E-state index is 13.1. The van der Waals surface area contributed by atoms with Crippen LogP contribution in [0.25, 0.3) is 0 Å². The Morgan fingerprint density at radius 1 is 1.31 bits per heavy atom. The van der Waals surface area contributed by atoms with E-state index in [1.807, 2.05) is 12.1 Å². The molecule has 2 aliphatic rings. The molecular weight excluding hydrogens is 336 g/mol. The van der Waals surface area contributed by atoms with E-state index in [1.54, 1.807) is 27.0 Å². The van der Waals surface area contributed by atoms with Crippen molar-refractivity contribution >= 4 is 29.3 Å². The maximum Gasteiger partial charge on any atom is 0.315 e. The van der Waals surface area contributed by atoms with Crippen molar-refractivity contribution in [3.8, 4) is 0 Å². The number of fused-ring (bicyclic) bond motifs is 2. The lowest BCUT2D eigenvalue weighted by atomic mass is 9.70. The summed E-state index contributed by atoms with van der Waals surface area (Å²) in [6.07, 6.45) is -0.00395. The van der Waals surface area contributed by atoms with Gasteiger partial charge in [-0.25, -0.2) is 0 Å². The van der Waals surface area contributed by atoms with Crippen LogP contribution in [0.4, 0.5) is 5.69 Å². The Kier molecular flexibility index (Phi) is 4.34. The van der Waals surface area contributed by atoms with E-state index in [2.05, 4.69) is 10.1 Å². The Balaban J connectivity index is 2.02. The van der Waals surface area contributed by atoms with Gasteiger partial charge < -0.3 is 10.1 Å². The first-order valence-electron chi connectivity index (χ1n) is 8.51. The molecule has 1 saturated heterocycles. The average Bonchev–Trinajstić information content (AvgIpc) is 2.80. The fourth-order valence-corrected chi connectivity index (χ4v) is 4.21. The van der Waals surface area contributed by atoms with Crippen LogP contribution in [0.5, 0.6) is 0 Å². The van der Waals surface area contributed by atoms with Crippen molar-refractivity contribution < 1.29 is 23.9 Å².